The number of hydrogen-bond donors (Lipinski definition) is 1. The first-order chi connectivity index (χ1) is 16.6. The second-order valence-electron chi connectivity index (χ2n) is 10.3. The van der Waals surface area contributed by atoms with Crippen molar-refractivity contribution in [2.75, 3.05) is 39.0 Å². The van der Waals surface area contributed by atoms with Crippen molar-refractivity contribution < 1.29 is 22.4 Å². The third-order valence-corrected chi connectivity index (χ3v) is 9.33. The van der Waals surface area contributed by atoms with Gasteiger partial charge >= 0.3 is 0 Å². The molecule has 1 atom stereocenters. The van der Waals surface area contributed by atoms with E-state index in [0.717, 1.165) is 50.8 Å². The minimum absolute atomic E-state index is 0.188. The van der Waals surface area contributed by atoms with Crippen LogP contribution in [-0.2, 0) is 14.8 Å². The summed E-state index contributed by atoms with van der Waals surface area (Å²) in [5.41, 5.74) is 1.04. The van der Waals surface area contributed by atoms with Crippen molar-refractivity contribution in [3.05, 3.63) is 29.4 Å². The van der Waals surface area contributed by atoms with Crippen molar-refractivity contribution in [3.8, 4) is 0 Å². The lowest BCUT2D eigenvalue weighted by atomic mass is 9.89. The van der Waals surface area contributed by atoms with E-state index in [0.29, 0.717) is 43.5 Å². The van der Waals surface area contributed by atoms with Gasteiger partial charge in [0.25, 0.3) is 5.91 Å². The van der Waals surface area contributed by atoms with Gasteiger partial charge in [0.1, 0.15) is 5.76 Å². The summed E-state index contributed by atoms with van der Waals surface area (Å²) in [5, 5.41) is 3.01. The molecule has 2 saturated heterocycles. The molecule has 3 fully saturated rings. The molecule has 0 radical (unpaired) electrons. The molecule has 1 aromatic heterocycles. The van der Waals surface area contributed by atoms with E-state index in [2.05, 4.69) is 17.0 Å². The molecule has 0 aromatic carbocycles. The molecule has 10 heteroatoms. The molecule has 4 rings (SSSR count). The van der Waals surface area contributed by atoms with Gasteiger partial charge in [-0.15, -0.1) is 0 Å². The van der Waals surface area contributed by atoms with Crippen LogP contribution in [-0.4, -0.2) is 75.1 Å². The van der Waals surface area contributed by atoms with Gasteiger partial charge in [-0.05, 0) is 75.1 Å². The summed E-state index contributed by atoms with van der Waals surface area (Å²) < 4.78 is 30.4. The Morgan fingerprint density at radius 1 is 1.26 bits per heavy atom. The molecule has 3 heterocycles. The molecule has 0 bridgehead atoms. The van der Waals surface area contributed by atoms with Gasteiger partial charge in [-0.3, -0.25) is 14.6 Å². The Morgan fingerprint density at radius 3 is 2.57 bits per heavy atom. The van der Waals surface area contributed by atoms with Gasteiger partial charge in [-0.1, -0.05) is 0 Å². The predicted molar refractivity (Wildman–Crippen MR) is 134 cm³/mol. The summed E-state index contributed by atoms with van der Waals surface area (Å²) in [4.78, 5) is 31.0. The summed E-state index contributed by atoms with van der Waals surface area (Å²) >= 11 is 0. The van der Waals surface area contributed by atoms with Crippen LogP contribution in [0.4, 0.5) is 0 Å². The van der Waals surface area contributed by atoms with Gasteiger partial charge in [-0.2, -0.15) is 0 Å². The summed E-state index contributed by atoms with van der Waals surface area (Å²) in [6.07, 6.45) is 9.57. The number of nitrogens with one attached hydrogen (secondary N) is 1. The number of nitrogens with zero attached hydrogens (tertiary/aromatic N) is 3. The number of sulfonamides is 1. The third kappa shape index (κ3) is 6.03. The summed E-state index contributed by atoms with van der Waals surface area (Å²) in [6, 6.07) is 1.71. The van der Waals surface area contributed by atoms with E-state index >= 15 is 0 Å². The molecule has 1 unspecified atom stereocenters. The Morgan fingerprint density at radius 2 is 1.94 bits per heavy atom. The highest BCUT2D eigenvalue weighted by atomic mass is 32.2. The first-order valence-corrected chi connectivity index (χ1v) is 14.2. The summed E-state index contributed by atoms with van der Waals surface area (Å²) in [7, 11) is -3.14. The van der Waals surface area contributed by atoms with Gasteiger partial charge in [0.15, 0.2) is 5.76 Å². The zero-order chi connectivity index (χ0) is 25.2. The number of furan rings is 1. The molecule has 1 aliphatic carbocycles. The number of amides is 2. The molecule has 1 spiro atoms. The second kappa shape index (κ2) is 10.3. The Bertz CT molecular complexity index is 1090. The molecule has 35 heavy (non-hydrogen) atoms. The van der Waals surface area contributed by atoms with E-state index in [1.54, 1.807) is 18.3 Å². The zero-order valence-corrected chi connectivity index (χ0v) is 21.5. The fourth-order valence-corrected chi connectivity index (χ4v) is 6.44. The van der Waals surface area contributed by atoms with Crippen molar-refractivity contribution in [2.24, 2.45) is 22.2 Å². The topological polar surface area (TPSA) is 112 Å². The highest BCUT2D eigenvalue weighted by Gasteiger charge is 2.54. The number of aliphatic imine (C=N–C) groups is 1. The van der Waals surface area contributed by atoms with E-state index in [9.17, 15) is 18.0 Å². The van der Waals surface area contributed by atoms with Crippen LogP contribution in [0.25, 0.3) is 6.08 Å². The highest BCUT2D eigenvalue weighted by molar-refractivity contribution is 7.88. The standard InChI is InChI=1S/C25H36N4O5S/c1-18-20(4-9-26-2)15-22(34-18)24(31)27-17-21-16-25(21)7-12-28(13-8-25)23(30)14-19-5-10-29(11-6-19)35(3,32)33/h4,9,15,19,21H,2,5-8,10-14,16-17H2,1,3H3,(H,27,31)/b9-4-. The molecular weight excluding hydrogens is 468 g/mol. The Kier molecular flexibility index (Phi) is 7.51. The Hall–Kier alpha value is -2.46. The van der Waals surface area contributed by atoms with Gasteiger partial charge in [0.2, 0.25) is 15.9 Å². The van der Waals surface area contributed by atoms with Crippen LogP contribution in [0.1, 0.15) is 60.4 Å². The van der Waals surface area contributed by atoms with Crippen LogP contribution < -0.4 is 5.32 Å². The quantitative estimate of drug-likeness (QED) is 0.547. The van der Waals surface area contributed by atoms with Gasteiger partial charge < -0.3 is 14.6 Å². The fraction of sp³-hybridized carbons (Fsp3) is 0.640. The largest absolute Gasteiger partial charge is 0.456 e. The smallest absolute Gasteiger partial charge is 0.287 e. The molecule has 1 N–H and O–H groups in total. The zero-order valence-electron chi connectivity index (χ0n) is 20.7. The highest BCUT2D eigenvalue weighted by Crippen LogP contribution is 2.59. The van der Waals surface area contributed by atoms with E-state index in [1.807, 2.05) is 11.8 Å². The van der Waals surface area contributed by atoms with Crippen molar-refractivity contribution in [1.29, 1.82) is 0 Å². The SMILES string of the molecule is C=N/C=C\c1cc(C(=O)NCC2CC23CCN(C(=O)CC2CCN(S(C)(=O)=O)CC2)CC3)oc1C. The molecule has 1 aromatic rings. The van der Waals surface area contributed by atoms with Gasteiger partial charge in [-0.25, -0.2) is 12.7 Å². The number of rotatable bonds is 8. The minimum Gasteiger partial charge on any atom is -0.456 e. The predicted octanol–water partition coefficient (Wildman–Crippen LogP) is 2.68. The maximum absolute atomic E-state index is 12.8. The Balaban J connectivity index is 1.18. The summed E-state index contributed by atoms with van der Waals surface area (Å²) in [5.74, 6) is 1.63. The molecular formula is C25H36N4O5S. The number of likely N-dealkylation sites (tertiary alicyclic amines) is 1. The number of carbonyl (C=O) groups is 2. The second-order valence-corrected chi connectivity index (χ2v) is 12.3. The normalized spacial score (nSPS) is 23.0. The van der Waals surface area contributed by atoms with Crippen molar-refractivity contribution in [2.45, 2.75) is 45.4 Å². The van der Waals surface area contributed by atoms with Crippen LogP contribution in [0.15, 0.2) is 21.7 Å². The molecule has 2 aliphatic heterocycles. The van der Waals surface area contributed by atoms with Crippen LogP contribution in [0.3, 0.4) is 0 Å². The minimum atomic E-state index is -3.14. The molecule has 1 saturated carbocycles. The lowest BCUT2D eigenvalue weighted by molar-refractivity contribution is -0.134. The number of piperidine rings is 2. The van der Waals surface area contributed by atoms with Crippen LogP contribution >= 0.6 is 0 Å². The van der Waals surface area contributed by atoms with Crippen molar-refractivity contribution in [1.82, 2.24) is 14.5 Å². The van der Waals surface area contributed by atoms with Crippen molar-refractivity contribution in [3.63, 3.8) is 0 Å². The molecule has 9 nitrogen and oxygen atoms in total. The maximum atomic E-state index is 12.8. The average Bonchev–Trinajstić information content (AvgIpc) is 3.35. The van der Waals surface area contributed by atoms with Crippen LogP contribution in [0.2, 0.25) is 0 Å². The average molecular weight is 505 g/mol. The van der Waals surface area contributed by atoms with E-state index in [-0.39, 0.29) is 23.1 Å². The first kappa shape index (κ1) is 25.6. The maximum Gasteiger partial charge on any atom is 0.287 e. The lowest BCUT2D eigenvalue weighted by Gasteiger charge is -2.35. The van der Waals surface area contributed by atoms with E-state index in [4.69, 9.17) is 4.42 Å². The molecule has 2 amide bonds. The first-order valence-electron chi connectivity index (χ1n) is 12.4. The molecule has 3 aliphatic rings. The fourth-order valence-electron chi connectivity index (χ4n) is 5.56. The molecule has 192 valence electrons. The van der Waals surface area contributed by atoms with Crippen LogP contribution in [0, 0.1) is 24.2 Å². The third-order valence-electron chi connectivity index (χ3n) is 8.03. The van der Waals surface area contributed by atoms with Gasteiger partial charge in [0.05, 0.1) is 6.26 Å². The Labute approximate surface area is 207 Å². The number of hydrogen-bond acceptors (Lipinski definition) is 6. The van der Waals surface area contributed by atoms with E-state index < -0.39 is 10.0 Å². The van der Waals surface area contributed by atoms with Crippen molar-refractivity contribution >= 4 is 34.6 Å². The summed E-state index contributed by atoms with van der Waals surface area (Å²) in [6.45, 7) is 8.37. The van der Waals surface area contributed by atoms with Crippen LogP contribution in [0.5, 0.6) is 0 Å². The van der Waals surface area contributed by atoms with Gasteiger partial charge in [0, 0.05) is 50.9 Å². The number of carbonyl (C=O) groups excluding carboxylic acids is 2. The lowest BCUT2D eigenvalue weighted by Crippen LogP contribution is -2.42. The van der Waals surface area contributed by atoms with E-state index in [1.165, 1.54) is 10.6 Å². The number of aryl methyl sites for hydroxylation is 1. The monoisotopic (exact) mass is 504 g/mol.